The Kier molecular flexibility index (Phi) is 11.3. The number of alkyl halides is 3. The summed E-state index contributed by atoms with van der Waals surface area (Å²) in [6.07, 6.45) is -2.35. The van der Waals surface area contributed by atoms with E-state index in [9.17, 15) is 13.2 Å². The molecule has 24 heavy (non-hydrogen) atoms. The molecule has 0 saturated heterocycles. The van der Waals surface area contributed by atoms with Gasteiger partial charge < -0.3 is 15.4 Å². The van der Waals surface area contributed by atoms with Crippen LogP contribution >= 0.6 is 35.7 Å². The van der Waals surface area contributed by atoms with Gasteiger partial charge in [-0.15, -0.1) is 24.0 Å². The molecular formula is C15H23F3IN3OS. The molecule has 1 rings (SSSR count). The highest BCUT2D eigenvalue weighted by Crippen LogP contribution is 2.23. The third-order valence-corrected chi connectivity index (χ3v) is 3.49. The first-order valence-corrected chi connectivity index (χ1v) is 8.47. The first kappa shape index (κ1) is 23.2. The van der Waals surface area contributed by atoms with Gasteiger partial charge in [0, 0.05) is 31.5 Å². The molecular weight excluding hydrogens is 454 g/mol. The largest absolute Gasteiger partial charge is 0.484 e. The summed E-state index contributed by atoms with van der Waals surface area (Å²) in [4.78, 5) is 4.07. The molecule has 1 aromatic rings. The van der Waals surface area contributed by atoms with E-state index in [-0.39, 0.29) is 29.7 Å². The molecule has 138 valence electrons. The number of halogens is 4. The summed E-state index contributed by atoms with van der Waals surface area (Å²) >= 11 is 1.71. The Morgan fingerprint density at radius 1 is 1.29 bits per heavy atom. The van der Waals surface area contributed by atoms with Gasteiger partial charge in [-0.3, -0.25) is 4.99 Å². The van der Waals surface area contributed by atoms with Crippen molar-refractivity contribution in [2.24, 2.45) is 4.99 Å². The quantitative estimate of drug-likeness (QED) is 0.273. The summed E-state index contributed by atoms with van der Waals surface area (Å²) < 4.78 is 41.9. The maximum absolute atomic E-state index is 12.3. The zero-order valence-corrected chi connectivity index (χ0v) is 17.0. The zero-order valence-electron chi connectivity index (χ0n) is 13.9. The van der Waals surface area contributed by atoms with Crippen LogP contribution in [0.2, 0.25) is 0 Å². The van der Waals surface area contributed by atoms with Gasteiger partial charge in [-0.05, 0) is 24.8 Å². The fourth-order valence-electron chi connectivity index (χ4n) is 1.77. The second kappa shape index (κ2) is 11.7. The predicted octanol–water partition coefficient (Wildman–Crippen LogP) is 3.58. The van der Waals surface area contributed by atoms with E-state index in [2.05, 4.69) is 15.6 Å². The number of thioether (sulfide) groups is 1. The number of ether oxygens (including phenoxy) is 1. The van der Waals surface area contributed by atoms with Gasteiger partial charge in [-0.2, -0.15) is 24.9 Å². The number of hydrogen-bond acceptors (Lipinski definition) is 3. The molecule has 9 heteroatoms. The lowest BCUT2D eigenvalue weighted by Crippen LogP contribution is -2.38. The molecule has 0 spiro atoms. The molecule has 1 aromatic carbocycles. The van der Waals surface area contributed by atoms with Crippen LogP contribution in [-0.2, 0) is 6.54 Å². The fourth-order valence-corrected chi connectivity index (χ4v) is 2.08. The second-order valence-electron chi connectivity index (χ2n) is 4.86. The molecule has 0 radical (unpaired) electrons. The molecule has 0 fully saturated rings. The lowest BCUT2D eigenvalue weighted by atomic mass is 10.1. The molecule has 4 nitrogen and oxygen atoms in total. The Balaban J connectivity index is 0.00000529. The molecule has 0 aliphatic heterocycles. The van der Waals surface area contributed by atoms with Gasteiger partial charge in [0.15, 0.2) is 12.6 Å². The summed E-state index contributed by atoms with van der Waals surface area (Å²) in [5, 5.41) is 6.19. The van der Waals surface area contributed by atoms with Gasteiger partial charge in [-0.25, -0.2) is 0 Å². The number of nitrogens with zero attached hydrogens (tertiary/aromatic N) is 1. The molecule has 0 bridgehead atoms. The highest BCUT2D eigenvalue weighted by atomic mass is 127. The number of benzene rings is 1. The van der Waals surface area contributed by atoms with Gasteiger partial charge in [0.2, 0.25) is 0 Å². The van der Waals surface area contributed by atoms with E-state index in [4.69, 9.17) is 4.74 Å². The maximum atomic E-state index is 12.3. The van der Waals surface area contributed by atoms with Crippen molar-refractivity contribution in [1.82, 2.24) is 10.6 Å². The van der Waals surface area contributed by atoms with Crippen LogP contribution in [0.5, 0.6) is 5.75 Å². The van der Waals surface area contributed by atoms with Gasteiger partial charge in [0.1, 0.15) is 5.75 Å². The Hall–Kier alpha value is -0.840. The molecule has 0 aromatic heterocycles. The van der Waals surface area contributed by atoms with Crippen LogP contribution < -0.4 is 15.4 Å². The van der Waals surface area contributed by atoms with E-state index in [1.165, 1.54) is 0 Å². The first-order chi connectivity index (χ1) is 10.9. The Labute approximate surface area is 162 Å². The van der Waals surface area contributed by atoms with Crippen molar-refractivity contribution in [3.63, 3.8) is 0 Å². The summed E-state index contributed by atoms with van der Waals surface area (Å²) in [6, 6.07) is 5.19. The van der Waals surface area contributed by atoms with Crippen LogP contribution in [0.25, 0.3) is 0 Å². The maximum Gasteiger partial charge on any atom is 0.422 e. The van der Waals surface area contributed by atoms with E-state index < -0.39 is 12.8 Å². The molecule has 0 aliphatic rings. The van der Waals surface area contributed by atoms with E-state index in [0.29, 0.717) is 18.1 Å². The minimum atomic E-state index is -4.36. The Morgan fingerprint density at radius 2 is 2.00 bits per heavy atom. The fraction of sp³-hybridized carbons (Fsp3) is 0.533. The van der Waals surface area contributed by atoms with E-state index >= 15 is 0 Å². The second-order valence-corrected chi connectivity index (χ2v) is 5.85. The standard InChI is InChI=1S/C15H22F3N3OS.HI/c1-11-4-5-12(13(8-11)22-10-15(16,17)18)9-21-14(19-2)20-6-7-23-3;/h4-5,8H,6-7,9-10H2,1-3H3,(H2,19,20,21);1H. The summed E-state index contributed by atoms with van der Waals surface area (Å²) in [6.45, 7) is 1.59. The van der Waals surface area contributed by atoms with Gasteiger partial charge >= 0.3 is 6.18 Å². The lowest BCUT2D eigenvalue weighted by molar-refractivity contribution is -0.153. The molecule has 0 aliphatic carbocycles. The number of rotatable bonds is 7. The number of guanidine groups is 1. The monoisotopic (exact) mass is 477 g/mol. The highest BCUT2D eigenvalue weighted by molar-refractivity contribution is 14.0. The summed E-state index contributed by atoms with van der Waals surface area (Å²) in [5.74, 6) is 1.77. The average molecular weight is 477 g/mol. The van der Waals surface area contributed by atoms with E-state index in [1.807, 2.05) is 12.3 Å². The number of aryl methyl sites for hydroxylation is 1. The zero-order chi connectivity index (χ0) is 17.3. The number of nitrogens with one attached hydrogen (secondary N) is 2. The van der Waals surface area contributed by atoms with Gasteiger partial charge in [0.05, 0.1) is 0 Å². The Bertz CT molecular complexity index is 527. The van der Waals surface area contributed by atoms with Crippen molar-refractivity contribution in [3.8, 4) is 5.75 Å². The van der Waals surface area contributed by atoms with Crippen LogP contribution in [0.1, 0.15) is 11.1 Å². The van der Waals surface area contributed by atoms with Crippen molar-refractivity contribution >= 4 is 41.7 Å². The van der Waals surface area contributed by atoms with Crippen molar-refractivity contribution in [2.75, 3.05) is 32.2 Å². The Morgan fingerprint density at radius 3 is 2.58 bits per heavy atom. The van der Waals surface area contributed by atoms with Crippen LogP contribution in [0.3, 0.4) is 0 Å². The first-order valence-electron chi connectivity index (χ1n) is 7.08. The van der Waals surface area contributed by atoms with E-state index in [0.717, 1.165) is 17.9 Å². The minimum absolute atomic E-state index is 0. The van der Waals surface area contributed by atoms with Gasteiger partial charge in [-0.1, -0.05) is 12.1 Å². The molecule has 0 amide bonds. The summed E-state index contributed by atoms with van der Waals surface area (Å²) in [5.41, 5.74) is 1.49. The van der Waals surface area contributed by atoms with Crippen LogP contribution in [0.15, 0.2) is 23.2 Å². The van der Waals surface area contributed by atoms with Gasteiger partial charge in [0.25, 0.3) is 0 Å². The van der Waals surface area contributed by atoms with Crippen LogP contribution in [0.4, 0.5) is 13.2 Å². The minimum Gasteiger partial charge on any atom is -0.484 e. The van der Waals surface area contributed by atoms with Crippen molar-refractivity contribution < 1.29 is 17.9 Å². The number of hydrogen-bond donors (Lipinski definition) is 2. The SMILES string of the molecule is CN=C(NCCSC)NCc1ccc(C)cc1OCC(F)(F)F.I. The van der Waals surface area contributed by atoms with Crippen LogP contribution in [-0.4, -0.2) is 44.3 Å². The molecule has 0 heterocycles. The van der Waals surface area contributed by atoms with Crippen molar-refractivity contribution in [3.05, 3.63) is 29.3 Å². The smallest absolute Gasteiger partial charge is 0.422 e. The van der Waals surface area contributed by atoms with Crippen LogP contribution in [0, 0.1) is 6.92 Å². The topological polar surface area (TPSA) is 45.7 Å². The molecule has 0 saturated carbocycles. The van der Waals surface area contributed by atoms with Crippen molar-refractivity contribution in [2.45, 2.75) is 19.6 Å². The third kappa shape index (κ3) is 9.45. The molecule has 2 N–H and O–H groups in total. The number of aliphatic imine (C=N–C) groups is 1. The highest BCUT2D eigenvalue weighted by Gasteiger charge is 2.28. The van der Waals surface area contributed by atoms with E-state index in [1.54, 1.807) is 37.9 Å². The normalized spacial score (nSPS) is 11.7. The molecule has 0 atom stereocenters. The predicted molar refractivity (Wildman–Crippen MR) is 105 cm³/mol. The third-order valence-electron chi connectivity index (χ3n) is 2.88. The average Bonchev–Trinajstić information content (AvgIpc) is 2.49. The summed E-state index contributed by atoms with van der Waals surface area (Å²) in [7, 11) is 1.64. The van der Waals surface area contributed by atoms with Crippen molar-refractivity contribution in [1.29, 1.82) is 0 Å². The molecule has 0 unspecified atom stereocenters. The lowest BCUT2D eigenvalue weighted by Gasteiger charge is -2.16.